The van der Waals surface area contributed by atoms with Gasteiger partial charge in [-0.2, -0.15) is 0 Å². The maximum absolute atomic E-state index is 13.8. The smallest absolute Gasteiger partial charge is 0.267 e. The van der Waals surface area contributed by atoms with Crippen molar-refractivity contribution in [3.05, 3.63) is 93.3 Å². The number of nitrogens with zero attached hydrogens (tertiary/aromatic N) is 2. The predicted molar refractivity (Wildman–Crippen MR) is 159 cm³/mol. The van der Waals surface area contributed by atoms with Crippen molar-refractivity contribution in [2.24, 2.45) is 10.9 Å². The van der Waals surface area contributed by atoms with Crippen LogP contribution in [0.2, 0.25) is 0 Å². The molecule has 0 unspecified atom stereocenters. The highest BCUT2D eigenvalue weighted by molar-refractivity contribution is 9.10. The van der Waals surface area contributed by atoms with E-state index in [1.807, 2.05) is 83.8 Å². The number of amides is 1. The summed E-state index contributed by atoms with van der Waals surface area (Å²) < 4.78 is 12.5. The van der Waals surface area contributed by atoms with Crippen molar-refractivity contribution in [1.29, 1.82) is 0 Å². The fraction of sp³-hybridized carbons (Fsp3) is 0.290. The molecule has 3 aromatic carbocycles. The molecule has 7 heteroatoms. The number of methoxy groups -OCH3 is 1. The fourth-order valence-corrected chi connectivity index (χ4v) is 6.61. The minimum absolute atomic E-state index is 0.0166. The molecule has 2 fully saturated rings. The molecular formula is C31H31BrN2O3S. The standard InChI is InChI=1S/C31H31BrN2O3S/c1-21-11-9-10-16-26(21)34-30(35)28(38-31(34)33-24-14-7-4-8-15-24)19-23-17-25(32)29(27(18-23)36-2)37-20-22-12-5-3-6-13-22/h3-8,12-15,17-19,21,26H,9-11,16,20H2,1-2H3/b28-19-,33-31?/t21-,26+/m1/s1. The molecule has 196 valence electrons. The van der Waals surface area contributed by atoms with Crippen molar-refractivity contribution in [3.63, 3.8) is 0 Å². The van der Waals surface area contributed by atoms with Crippen LogP contribution in [0.1, 0.15) is 43.7 Å². The lowest BCUT2D eigenvalue weighted by atomic mass is 9.85. The average molecular weight is 592 g/mol. The van der Waals surface area contributed by atoms with Crippen molar-refractivity contribution in [3.8, 4) is 11.5 Å². The highest BCUT2D eigenvalue weighted by atomic mass is 79.9. The second kappa shape index (κ2) is 12.2. The molecule has 5 nitrogen and oxygen atoms in total. The summed E-state index contributed by atoms with van der Waals surface area (Å²) in [5.41, 5.74) is 2.78. The van der Waals surface area contributed by atoms with Crippen molar-refractivity contribution in [2.75, 3.05) is 7.11 Å². The molecule has 3 aromatic rings. The number of hydrogen-bond acceptors (Lipinski definition) is 5. The van der Waals surface area contributed by atoms with Gasteiger partial charge in [-0.25, -0.2) is 4.99 Å². The molecule has 5 rings (SSSR count). The van der Waals surface area contributed by atoms with E-state index < -0.39 is 0 Å². The Hall–Kier alpha value is -3.03. The van der Waals surface area contributed by atoms with Gasteiger partial charge in [-0.3, -0.25) is 9.69 Å². The lowest BCUT2D eigenvalue weighted by Crippen LogP contribution is -2.44. The van der Waals surface area contributed by atoms with Crippen LogP contribution in [0.15, 0.2) is 87.2 Å². The Morgan fingerprint density at radius 1 is 1.05 bits per heavy atom. The molecule has 2 aliphatic rings. The van der Waals surface area contributed by atoms with Gasteiger partial charge in [0.15, 0.2) is 16.7 Å². The number of benzene rings is 3. The van der Waals surface area contributed by atoms with Crippen LogP contribution in [0.4, 0.5) is 5.69 Å². The van der Waals surface area contributed by atoms with Crippen LogP contribution in [0, 0.1) is 5.92 Å². The van der Waals surface area contributed by atoms with E-state index in [9.17, 15) is 4.79 Å². The second-order valence-corrected chi connectivity index (χ2v) is 11.5. The molecule has 0 radical (unpaired) electrons. The van der Waals surface area contributed by atoms with E-state index in [0.717, 1.165) is 45.7 Å². The first-order valence-corrected chi connectivity index (χ1v) is 14.6. The summed E-state index contributed by atoms with van der Waals surface area (Å²) in [6, 6.07) is 23.9. The zero-order valence-corrected chi connectivity index (χ0v) is 24.0. The lowest BCUT2D eigenvalue weighted by molar-refractivity contribution is -0.124. The highest BCUT2D eigenvalue weighted by Gasteiger charge is 2.41. The molecule has 2 atom stereocenters. The minimum Gasteiger partial charge on any atom is -0.493 e. The monoisotopic (exact) mass is 590 g/mol. The number of para-hydroxylation sites is 1. The highest BCUT2D eigenvalue weighted by Crippen LogP contribution is 2.42. The van der Waals surface area contributed by atoms with E-state index in [-0.39, 0.29) is 11.9 Å². The number of rotatable bonds is 7. The lowest BCUT2D eigenvalue weighted by Gasteiger charge is -2.35. The molecule has 0 spiro atoms. The average Bonchev–Trinajstić information content (AvgIpc) is 3.23. The molecule has 0 aromatic heterocycles. The van der Waals surface area contributed by atoms with Gasteiger partial charge in [-0.15, -0.1) is 0 Å². The third-order valence-corrected chi connectivity index (χ3v) is 8.56. The van der Waals surface area contributed by atoms with E-state index in [1.165, 1.54) is 18.2 Å². The van der Waals surface area contributed by atoms with Crippen LogP contribution in [0.5, 0.6) is 11.5 Å². The first-order valence-electron chi connectivity index (χ1n) is 12.9. The van der Waals surface area contributed by atoms with Crippen molar-refractivity contribution >= 4 is 50.5 Å². The summed E-state index contributed by atoms with van der Waals surface area (Å²) in [4.78, 5) is 21.3. The predicted octanol–water partition coefficient (Wildman–Crippen LogP) is 8.22. The van der Waals surface area contributed by atoms with Gasteiger partial charge in [0.2, 0.25) is 0 Å². The zero-order chi connectivity index (χ0) is 26.5. The van der Waals surface area contributed by atoms with E-state index in [1.54, 1.807) is 7.11 Å². The number of ether oxygens (including phenoxy) is 2. The number of carbonyl (C=O) groups is 1. The number of thioether (sulfide) groups is 1. The molecule has 0 N–H and O–H groups in total. The minimum atomic E-state index is 0.0166. The number of carbonyl (C=O) groups excluding carboxylic acids is 1. The molecule has 1 saturated heterocycles. The summed E-state index contributed by atoms with van der Waals surface area (Å²) in [7, 11) is 1.63. The second-order valence-electron chi connectivity index (χ2n) is 9.65. The Labute approximate surface area is 237 Å². The van der Waals surface area contributed by atoms with Gasteiger partial charge < -0.3 is 9.47 Å². The Bertz CT molecular complexity index is 1340. The number of aliphatic imine (C=N–C) groups is 1. The number of hydrogen-bond donors (Lipinski definition) is 0. The summed E-state index contributed by atoms with van der Waals surface area (Å²) in [6.07, 6.45) is 6.41. The Kier molecular flexibility index (Phi) is 8.55. The van der Waals surface area contributed by atoms with Crippen LogP contribution in [-0.2, 0) is 11.4 Å². The molecule has 38 heavy (non-hydrogen) atoms. The molecule has 1 aliphatic carbocycles. The van der Waals surface area contributed by atoms with Crippen LogP contribution in [0.3, 0.4) is 0 Å². The van der Waals surface area contributed by atoms with Gasteiger partial charge in [0.05, 0.1) is 22.2 Å². The van der Waals surface area contributed by atoms with Crippen LogP contribution in [-0.4, -0.2) is 29.1 Å². The van der Waals surface area contributed by atoms with Crippen LogP contribution >= 0.6 is 27.7 Å². The van der Waals surface area contributed by atoms with Gasteiger partial charge in [-0.1, -0.05) is 68.3 Å². The van der Waals surface area contributed by atoms with E-state index in [4.69, 9.17) is 14.5 Å². The number of amidine groups is 1. The summed E-state index contributed by atoms with van der Waals surface area (Å²) in [6.45, 7) is 2.68. The summed E-state index contributed by atoms with van der Waals surface area (Å²) in [5, 5.41) is 0.750. The Morgan fingerprint density at radius 3 is 2.47 bits per heavy atom. The van der Waals surface area contributed by atoms with Gasteiger partial charge in [-0.05, 0) is 87.9 Å². The van der Waals surface area contributed by atoms with Crippen LogP contribution < -0.4 is 9.47 Å². The first-order chi connectivity index (χ1) is 18.5. The van der Waals surface area contributed by atoms with Crippen molar-refractivity contribution in [1.82, 2.24) is 4.90 Å². The topological polar surface area (TPSA) is 51.1 Å². The van der Waals surface area contributed by atoms with Gasteiger partial charge in [0.1, 0.15) is 6.61 Å². The normalized spacial score (nSPS) is 21.8. The summed E-state index contributed by atoms with van der Waals surface area (Å²) in [5.74, 6) is 1.69. The molecule has 1 amide bonds. The zero-order valence-electron chi connectivity index (χ0n) is 21.6. The van der Waals surface area contributed by atoms with Gasteiger partial charge >= 0.3 is 0 Å². The largest absolute Gasteiger partial charge is 0.493 e. The van der Waals surface area contributed by atoms with Gasteiger partial charge in [0.25, 0.3) is 5.91 Å². The van der Waals surface area contributed by atoms with E-state index in [0.29, 0.717) is 28.9 Å². The molecule has 0 bridgehead atoms. The maximum Gasteiger partial charge on any atom is 0.267 e. The van der Waals surface area contributed by atoms with Crippen molar-refractivity contribution in [2.45, 2.75) is 45.3 Å². The number of halogens is 1. The van der Waals surface area contributed by atoms with Crippen LogP contribution in [0.25, 0.3) is 6.08 Å². The molecule has 1 heterocycles. The van der Waals surface area contributed by atoms with E-state index >= 15 is 0 Å². The first kappa shape index (κ1) is 26.6. The third-order valence-electron chi connectivity index (χ3n) is 6.99. The SMILES string of the molecule is COc1cc(/C=C2\SC(=Nc3ccccc3)N([C@H]3CCCC[C@H]3C)C2=O)cc(Br)c1OCc1ccccc1. The summed E-state index contributed by atoms with van der Waals surface area (Å²) >= 11 is 5.10. The maximum atomic E-state index is 13.8. The van der Waals surface area contributed by atoms with Crippen molar-refractivity contribution < 1.29 is 14.3 Å². The van der Waals surface area contributed by atoms with Gasteiger partial charge in [0, 0.05) is 6.04 Å². The molecule has 1 saturated carbocycles. The quantitative estimate of drug-likeness (QED) is 0.260. The van der Waals surface area contributed by atoms with E-state index in [2.05, 4.69) is 22.9 Å². The third kappa shape index (κ3) is 6.00. The Balaban J connectivity index is 1.45. The Morgan fingerprint density at radius 2 is 1.76 bits per heavy atom. The molecular weight excluding hydrogens is 560 g/mol. The fourth-order valence-electron chi connectivity index (χ4n) is 4.99. The molecule has 1 aliphatic heterocycles.